The fourth-order valence-corrected chi connectivity index (χ4v) is 5.75. The number of fused-ring (bicyclic) bond motifs is 4. The van der Waals surface area contributed by atoms with E-state index in [1.807, 2.05) is 35.9 Å². The van der Waals surface area contributed by atoms with Gasteiger partial charge in [0.2, 0.25) is 5.96 Å². The van der Waals surface area contributed by atoms with E-state index >= 15 is 0 Å². The van der Waals surface area contributed by atoms with Crippen molar-refractivity contribution in [2.45, 2.75) is 26.4 Å². The Labute approximate surface area is 228 Å². The van der Waals surface area contributed by atoms with Crippen LogP contribution in [-0.4, -0.2) is 22.3 Å². The van der Waals surface area contributed by atoms with Crippen molar-refractivity contribution in [3.63, 3.8) is 0 Å². The molecule has 2 aliphatic rings. The van der Waals surface area contributed by atoms with E-state index in [1.54, 1.807) is 0 Å². The highest BCUT2D eigenvalue weighted by atomic mass is 16.5. The van der Waals surface area contributed by atoms with E-state index in [-0.39, 0.29) is 6.04 Å². The smallest absolute Gasteiger partial charge is 0.213 e. The first-order valence-electron chi connectivity index (χ1n) is 13.4. The Morgan fingerprint density at radius 1 is 0.769 bits per heavy atom. The summed E-state index contributed by atoms with van der Waals surface area (Å²) in [5, 5.41) is 5.03. The molecule has 6 nitrogen and oxygen atoms in total. The lowest BCUT2D eigenvalue weighted by Crippen LogP contribution is -2.43. The van der Waals surface area contributed by atoms with Crippen molar-refractivity contribution in [2.75, 3.05) is 16.4 Å². The maximum atomic E-state index is 6.19. The Hall–Kier alpha value is -4.84. The summed E-state index contributed by atoms with van der Waals surface area (Å²) in [6.45, 7) is 5.41. The van der Waals surface area contributed by atoms with Gasteiger partial charge in [0.25, 0.3) is 0 Å². The SMILES string of the molecule is CCOc1ccccc1C1c2c(C)nn(-c3ccccc3)c2N=C2N(Cc3ccccc3)c3ccccc3N21. The second-order valence-electron chi connectivity index (χ2n) is 9.79. The standard InChI is InChI=1S/C33H29N5O/c1-3-39-29-21-13-10-18-26(29)31-30-23(2)35-38(25-16-8-5-9-17-25)32(30)34-33-36(22-24-14-6-4-7-15-24)27-19-11-12-20-28(27)37(31)33/h4-21,31H,3,22H2,1-2H3. The molecule has 6 heteroatoms. The molecule has 1 unspecified atom stereocenters. The Kier molecular flexibility index (Phi) is 5.66. The fraction of sp³-hybridized carbons (Fsp3) is 0.152. The van der Waals surface area contributed by atoms with E-state index in [2.05, 4.69) is 102 Å². The number of rotatable bonds is 6. The molecule has 5 aromatic rings. The molecule has 0 radical (unpaired) electrons. The zero-order valence-electron chi connectivity index (χ0n) is 22.0. The largest absolute Gasteiger partial charge is 0.494 e. The lowest BCUT2D eigenvalue weighted by Gasteiger charge is -2.35. The molecule has 0 saturated carbocycles. The van der Waals surface area contributed by atoms with E-state index in [1.165, 1.54) is 5.56 Å². The molecule has 39 heavy (non-hydrogen) atoms. The first-order valence-corrected chi connectivity index (χ1v) is 13.4. The van der Waals surface area contributed by atoms with Crippen LogP contribution in [0.4, 0.5) is 17.2 Å². The minimum Gasteiger partial charge on any atom is -0.494 e. The number of ether oxygens (including phenoxy) is 1. The minimum absolute atomic E-state index is 0.158. The summed E-state index contributed by atoms with van der Waals surface area (Å²) in [5.74, 6) is 2.62. The number of nitrogens with zero attached hydrogens (tertiary/aromatic N) is 5. The van der Waals surface area contributed by atoms with Crippen LogP contribution in [0.15, 0.2) is 114 Å². The molecule has 7 rings (SSSR count). The van der Waals surface area contributed by atoms with Gasteiger partial charge in [-0.25, -0.2) is 4.68 Å². The van der Waals surface area contributed by atoms with Crippen molar-refractivity contribution < 1.29 is 4.74 Å². The quantitative estimate of drug-likeness (QED) is 0.242. The molecule has 192 valence electrons. The van der Waals surface area contributed by atoms with Gasteiger partial charge in [-0.05, 0) is 49.7 Å². The first-order chi connectivity index (χ1) is 19.2. The minimum atomic E-state index is -0.158. The third-order valence-electron chi connectivity index (χ3n) is 7.41. The number of para-hydroxylation sites is 4. The third-order valence-corrected chi connectivity index (χ3v) is 7.41. The highest BCUT2D eigenvalue weighted by Gasteiger charge is 2.45. The highest BCUT2D eigenvalue weighted by molar-refractivity contribution is 6.18. The number of aryl methyl sites for hydroxylation is 1. The van der Waals surface area contributed by atoms with Crippen LogP contribution in [0.2, 0.25) is 0 Å². The van der Waals surface area contributed by atoms with Gasteiger partial charge >= 0.3 is 0 Å². The van der Waals surface area contributed by atoms with Gasteiger partial charge < -0.3 is 9.64 Å². The van der Waals surface area contributed by atoms with Crippen molar-refractivity contribution in [1.82, 2.24) is 9.78 Å². The van der Waals surface area contributed by atoms with Gasteiger partial charge in [-0.2, -0.15) is 10.1 Å². The van der Waals surface area contributed by atoms with Crippen molar-refractivity contribution in [3.05, 3.63) is 132 Å². The zero-order chi connectivity index (χ0) is 26.3. The van der Waals surface area contributed by atoms with E-state index in [0.29, 0.717) is 13.2 Å². The van der Waals surface area contributed by atoms with Gasteiger partial charge in [0.05, 0.1) is 41.9 Å². The number of aliphatic imine (C=N–C) groups is 1. The molecule has 0 amide bonds. The van der Waals surface area contributed by atoms with Gasteiger partial charge in [-0.1, -0.05) is 78.9 Å². The molecular formula is C33H29N5O. The average molecular weight is 512 g/mol. The summed E-state index contributed by atoms with van der Waals surface area (Å²) in [7, 11) is 0. The van der Waals surface area contributed by atoms with Crippen LogP contribution < -0.4 is 14.5 Å². The maximum Gasteiger partial charge on any atom is 0.213 e. The van der Waals surface area contributed by atoms with Crippen LogP contribution in [0.25, 0.3) is 5.69 Å². The van der Waals surface area contributed by atoms with Gasteiger partial charge in [-0.3, -0.25) is 4.90 Å². The van der Waals surface area contributed by atoms with E-state index in [4.69, 9.17) is 14.8 Å². The van der Waals surface area contributed by atoms with Gasteiger partial charge in [0, 0.05) is 11.1 Å². The topological polar surface area (TPSA) is 45.9 Å². The van der Waals surface area contributed by atoms with Crippen LogP contribution >= 0.6 is 0 Å². The van der Waals surface area contributed by atoms with E-state index in [9.17, 15) is 0 Å². The molecule has 3 heterocycles. The van der Waals surface area contributed by atoms with E-state index < -0.39 is 0 Å². The number of hydrogen-bond acceptors (Lipinski definition) is 5. The number of hydrogen-bond donors (Lipinski definition) is 0. The lowest BCUT2D eigenvalue weighted by atomic mass is 9.94. The zero-order valence-corrected chi connectivity index (χ0v) is 22.0. The normalized spacial score (nSPS) is 15.4. The van der Waals surface area contributed by atoms with Crippen molar-refractivity contribution in [2.24, 2.45) is 4.99 Å². The second-order valence-corrected chi connectivity index (χ2v) is 9.79. The fourth-order valence-electron chi connectivity index (χ4n) is 5.75. The van der Waals surface area contributed by atoms with Crippen LogP contribution in [0, 0.1) is 6.92 Å². The van der Waals surface area contributed by atoms with Crippen molar-refractivity contribution >= 4 is 23.2 Å². The molecule has 0 aliphatic carbocycles. The monoisotopic (exact) mass is 511 g/mol. The summed E-state index contributed by atoms with van der Waals surface area (Å²) in [4.78, 5) is 10.1. The molecular weight excluding hydrogens is 482 g/mol. The number of guanidine groups is 1. The Morgan fingerprint density at radius 2 is 1.44 bits per heavy atom. The Bertz CT molecular complexity index is 1680. The molecule has 2 aliphatic heterocycles. The first kappa shape index (κ1) is 23.3. The van der Waals surface area contributed by atoms with Crippen molar-refractivity contribution in [1.29, 1.82) is 0 Å². The number of benzene rings is 4. The van der Waals surface area contributed by atoms with Crippen LogP contribution in [-0.2, 0) is 6.54 Å². The molecule has 0 bridgehead atoms. The second kappa shape index (κ2) is 9.48. The van der Waals surface area contributed by atoms with E-state index in [0.717, 1.165) is 51.4 Å². The summed E-state index contributed by atoms with van der Waals surface area (Å²) in [5.41, 5.74) is 7.61. The summed E-state index contributed by atoms with van der Waals surface area (Å²) >= 11 is 0. The third kappa shape index (κ3) is 3.79. The van der Waals surface area contributed by atoms with Crippen molar-refractivity contribution in [3.8, 4) is 11.4 Å². The lowest BCUT2D eigenvalue weighted by molar-refractivity contribution is 0.335. The average Bonchev–Trinajstić information content (AvgIpc) is 3.48. The molecule has 1 aromatic heterocycles. The Balaban J connectivity index is 1.50. The van der Waals surface area contributed by atoms with Crippen LogP contribution in [0.5, 0.6) is 5.75 Å². The number of anilines is 2. The molecule has 1 atom stereocenters. The molecule has 4 aromatic carbocycles. The molecule has 0 fully saturated rings. The van der Waals surface area contributed by atoms with Gasteiger partial charge in [0.15, 0.2) is 5.82 Å². The highest BCUT2D eigenvalue weighted by Crippen LogP contribution is 2.52. The maximum absolute atomic E-state index is 6.19. The Morgan fingerprint density at radius 3 is 2.21 bits per heavy atom. The summed E-state index contributed by atoms with van der Waals surface area (Å²) in [6.07, 6.45) is 0. The molecule has 0 saturated heterocycles. The predicted molar refractivity (Wildman–Crippen MR) is 156 cm³/mol. The molecule has 0 N–H and O–H groups in total. The van der Waals surface area contributed by atoms with Crippen LogP contribution in [0.1, 0.15) is 35.3 Å². The number of aromatic nitrogens is 2. The summed E-state index contributed by atoms with van der Waals surface area (Å²) in [6, 6.07) is 37.6. The van der Waals surface area contributed by atoms with Gasteiger partial charge in [-0.15, -0.1) is 0 Å². The predicted octanol–water partition coefficient (Wildman–Crippen LogP) is 7.20. The summed E-state index contributed by atoms with van der Waals surface area (Å²) < 4.78 is 8.17. The van der Waals surface area contributed by atoms with Crippen LogP contribution in [0.3, 0.4) is 0 Å². The van der Waals surface area contributed by atoms with Gasteiger partial charge in [0.1, 0.15) is 5.75 Å². The molecule has 0 spiro atoms.